The second kappa shape index (κ2) is 6.90. The topological polar surface area (TPSA) is 76.1 Å². The number of morpholine rings is 1. The monoisotopic (exact) mass is 291 g/mol. The number of aldehydes is 1. The molecule has 112 valence electrons. The van der Waals surface area contributed by atoms with E-state index < -0.39 is 0 Å². The fourth-order valence-electron chi connectivity index (χ4n) is 2.05. The largest absolute Gasteiger partial charge is 0.504 e. The van der Waals surface area contributed by atoms with Crippen molar-refractivity contribution in [2.45, 2.75) is 0 Å². The minimum absolute atomic E-state index is 0.113. The first-order chi connectivity index (χ1) is 10.2. The van der Waals surface area contributed by atoms with Crippen LogP contribution in [0.5, 0.6) is 11.5 Å². The highest BCUT2D eigenvalue weighted by molar-refractivity contribution is 5.92. The first-order valence-electron chi connectivity index (χ1n) is 6.56. The summed E-state index contributed by atoms with van der Waals surface area (Å²) >= 11 is 0. The van der Waals surface area contributed by atoms with Gasteiger partial charge >= 0.3 is 0 Å². The molecule has 0 aliphatic carbocycles. The maximum atomic E-state index is 12.0. The number of hydrogen-bond acceptors (Lipinski definition) is 5. The Balaban J connectivity index is 2.16. The molecule has 6 nitrogen and oxygen atoms in total. The van der Waals surface area contributed by atoms with Gasteiger partial charge < -0.3 is 19.5 Å². The van der Waals surface area contributed by atoms with Crippen molar-refractivity contribution in [3.8, 4) is 11.5 Å². The van der Waals surface area contributed by atoms with E-state index in [1.54, 1.807) is 17.0 Å². The smallest absolute Gasteiger partial charge is 0.246 e. The van der Waals surface area contributed by atoms with Gasteiger partial charge in [-0.05, 0) is 23.8 Å². The summed E-state index contributed by atoms with van der Waals surface area (Å²) in [6.07, 6.45) is 3.57. The molecule has 2 rings (SSSR count). The van der Waals surface area contributed by atoms with E-state index in [9.17, 15) is 14.7 Å². The number of hydrogen-bond donors (Lipinski definition) is 1. The Morgan fingerprint density at radius 3 is 2.71 bits per heavy atom. The molecule has 0 unspecified atom stereocenters. The van der Waals surface area contributed by atoms with Crippen LogP contribution < -0.4 is 4.74 Å². The molecule has 0 bridgehead atoms. The molecule has 0 spiro atoms. The lowest BCUT2D eigenvalue weighted by atomic mass is 10.1. The van der Waals surface area contributed by atoms with Crippen molar-refractivity contribution in [1.82, 2.24) is 4.90 Å². The number of carbonyl (C=O) groups excluding carboxylic acids is 2. The molecule has 1 aliphatic heterocycles. The Morgan fingerprint density at radius 2 is 2.10 bits per heavy atom. The number of aromatic hydroxyl groups is 1. The van der Waals surface area contributed by atoms with E-state index >= 15 is 0 Å². The molecular weight excluding hydrogens is 274 g/mol. The molecule has 1 N–H and O–H groups in total. The lowest BCUT2D eigenvalue weighted by Gasteiger charge is -2.25. The van der Waals surface area contributed by atoms with Gasteiger partial charge in [0.25, 0.3) is 0 Å². The van der Waals surface area contributed by atoms with Gasteiger partial charge in [-0.15, -0.1) is 0 Å². The third-order valence-corrected chi connectivity index (χ3v) is 3.21. The van der Waals surface area contributed by atoms with Crippen LogP contribution in [0, 0.1) is 0 Å². The van der Waals surface area contributed by atoms with E-state index in [1.807, 2.05) is 0 Å². The summed E-state index contributed by atoms with van der Waals surface area (Å²) in [6.45, 7) is 2.23. The fourth-order valence-corrected chi connectivity index (χ4v) is 2.05. The predicted octanol–water partition coefficient (Wildman–Crippen LogP) is 1.09. The van der Waals surface area contributed by atoms with Crippen LogP contribution in [0.2, 0.25) is 0 Å². The highest BCUT2D eigenvalue weighted by atomic mass is 16.5. The third-order valence-electron chi connectivity index (χ3n) is 3.21. The van der Waals surface area contributed by atoms with Crippen molar-refractivity contribution in [2.24, 2.45) is 0 Å². The standard InChI is InChI=1S/C15H17NO5/c1-20-13-9-11(8-12(10-17)15(13)19)2-3-14(18)16-4-6-21-7-5-16/h2-3,8-10,19H,4-7H2,1H3/b3-2+. The Hall–Kier alpha value is -2.34. The maximum absolute atomic E-state index is 12.0. The normalized spacial score (nSPS) is 15.2. The molecule has 0 aromatic heterocycles. The zero-order valence-electron chi connectivity index (χ0n) is 11.7. The van der Waals surface area contributed by atoms with Crippen LogP contribution in [0.4, 0.5) is 0 Å². The average Bonchev–Trinajstić information content (AvgIpc) is 2.54. The van der Waals surface area contributed by atoms with Gasteiger partial charge in [-0.3, -0.25) is 9.59 Å². The van der Waals surface area contributed by atoms with E-state index in [-0.39, 0.29) is 23.0 Å². The van der Waals surface area contributed by atoms with E-state index in [2.05, 4.69) is 0 Å². The molecule has 0 radical (unpaired) electrons. The van der Waals surface area contributed by atoms with Crippen molar-refractivity contribution < 1.29 is 24.2 Å². The van der Waals surface area contributed by atoms with E-state index in [0.29, 0.717) is 38.2 Å². The Bertz CT molecular complexity index is 561. The maximum Gasteiger partial charge on any atom is 0.246 e. The summed E-state index contributed by atoms with van der Waals surface area (Å²) < 4.78 is 10.2. The van der Waals surface area contributed by atoms with Gasteiger partial charge in [0, 0.05) is 19.2 Å². The highest BCUT2D eigenvalue weighted by Crippen LogP contribution is 2.30. The summed E-state index contributed by atoms with van der Waals surface area (Å²) in [5.41, 5.74) is 0.723. The van der Waals surface area contributed by atoms with Gasteiger partial charge in [-0.1, -0.05) is 0 Å². The first kappa shape index (κ1) is 15.1. The Labute approximate surface area is 122 Å². The molecule has 1 amide bonds. The Morgan fingerprint density at radius 1 is 1.38 bits per heavy atom. The van der Waals surface area contributed by atoms with Gasteiger partial charge in [-0.2, -0.15) is 0 Å². The van der Waals surface area contributed by atoms with E-state index in [4.69, 9.17) is 9.47 Å². The van der Waals surface area contributed by atoms with Crippen LogP contribution in [0.25, 0.3) is 6.08 Å². The average molecular weight is 291 g/mol. The first-order valence-corrected chi connectivity index (χ1v) is 6.56. The Kier molecular flexibility index (Phi) is 4.94. The molecule has 1 aromatic rings. The fraction of sp³-hybridized carbons (Fsp3) is 0.333. The zero-order valence-corrected chi connectivity index (χ0v) is 11.7. The van der Waals surface area contributed by atoms with Gasteiger partial charge in [0.2, 0.25) is 5.91 Å². The minimum Gasteiger partial charge on any atom is -0.504 e. The van der Waals surface area contributed by atoms with Crippen LogP contribution >= 0.6 is 0 Å². The van der Waals surface area contributed by atoms with Crippen molar-refractivity contribution in [3.05, 3.63) is 29.3 Å². The van der Waals surface area contributed by atoms with Crippen LogP contribution in [0.15, 0.2) is 18.2 Å². The number of rotatable bonds is 4. The van der Waals surface area contributed by atoms with Crippen LogP contribution in [0.3, 0.4) is 0 Å². The molecule has 1 saturated heterocycles. The molecule has 0 saturated carbocycles. The molecule has 21 heavy (non-hydrogen) atoms. The summed E-state index contributed by atoms with van der Waals surface area (Å²) in [5, 5.41) is 9.73. The van der Waals surface area contributed by atoms with Crippen molar-refractivity contribution >= 4 is 18.3 Å². The van der Waals surface area contributed by atoms with Crippen molar-refractivity contribution in [3.63, 3.8) is 0 Å². The van der Waals surface area contributed by atoms with Gasteiger partial charge in [0.15, 0.2) is 17.8 Å². The zero-order chi connectivity index (χ0) is 15.2. The number of benzene rings is 1. The third kappa shape index (κ3) is 3.61. The quantitative estimate of drug-likeness (QED) is 0.663. The number of methoxy groups -OCH3 is 1. The molecule has 1 aromatic carbocycles. The van der Waals surface area contributed by atoms with Crippen LogP contribution in [-0.4, -0.2) is 55.6 Å². The van der Waals surface area contributed by atoms with Gasteiger partial charge in [0.1, 0.15) is 0 Å². The second-order valence-corrected chi connectivity index (χ2v) is 4.55. The summed E-state index contributed by atoms with van der Waals surface area (Å²) in [7, 11) is 1.40. The lowest BCUT2D eigenvalue weighted by Crippen LogP contribution is -2.39. The minimum atomic E-state index is -0.204. The van der Waals surface area contributed by atoms with E-state index in [1.165, 1.54) is 19.3 Å². The predicted molar refractivity (Wildman–Crippen MR) is 76.5 cm³/mol. The lowest BCUT2D eigenvalue weighted by molar-refractivity contribution is -0.129. The van der Waals surface area contributed by atoms with Crippen LogP contribution in [0.1, 0.15) is 15.9 Å². The second-order valence-electron chi connectivity index (χ2n) is 4.55. The number of amides is 1. The van der Waals surface area contributed by atoms with Crippen molar-refractivity contribution in [2.75, 3.05) is 33.4 Å². The number of nitrogens with zero attached hydrogens (tertiary/aromatic N) is 1. The molecular formula is C15H17NO5. The molecule has 1 heterocycles. The summed E-state index contributed by atoms with van der Waals surface area (Å²) in [5.74, 6) is -0.125. The van der Waals surface area contributed by atoms with Gasteiger partial charge in [-0.25, -0.2) is 0 Å². The number of phenolic OH excluding ortho intramolecular Hbond substituents is 1. The number of ether oxygens (including phenoxy) is 2. The molecule has 1 aliphatic rings. The van der Waals surface area contributed by atoms with E-state index in [0.717, 1.165) is 0 Å². The molecule has 1 fully saturated rings. The molecule has 0 atom stereocenters. The summed E-state index contributed by atoms with van der Waals surface area (Å²) in [4.78, 5) is 24.6. The highest BCUT2D eigenvalue weighted by Gasteiger charge is 2.14. The molecule has 6 heteroatoms. The SMILES string of the molecule is COc1cc(/C=C/C(=O)N2CCOCC2)cc(C=O)c1O. The number of carbonyl (C=O) groups is 2. The van der Waals surface area contributed by atoms with Crippen molar-refractivity contribution in [1.29, 1.82) is 0 Å². The van der Waals surface area contributed by atoms with Gasteiger partial charge in [0.05, 0.1) is 25.9 Å². The van der Waals surface area contributed by atoms with Crippen LogP contribution in [-0.2, 0) is 9.53 Å². The number of phenols is 1. The summed E-state index contributed by atoms with van der Waals surface area (Å²) in [6, 6.07) is 3.05.